The number of carbonyl (C=O) groups excluding carboxylic acids is 2. The molecule has 15 heavy (non-hydrogen) atoms. The Labute approximate surface area is 85.6 Å². The summed E-state index contributed by atoms with van der Waals surface area (Å²) in [7, 11) is 0. The summed E-state index contributed by atoms with van der Waals surface area (Å²) in [5.74, 6) is -3.47. The lowest BCUT2D eigenvalue weighted by Crippen LogP contribution is -2.08. The molecule has 0 spiro atoms. The topological polar surface area (TPSA) is 97.7 Å². The first kappa shape index (κ1) is 11.0. The van der Waals surface area contributed by atoms with E-state index in [9.17, 15) is 24.9 Å². The molecule has 0 unspecified atom stereocenters. The van der Waals surface area contributed by atoms with Gasteiger partial charge in [0.2, 0.25) is 0 Å². The van der Waals surface area contributed by atoms with Gasteiger partial charge >= 0.3 is 0 Å². The van der Waals surface area contributed by atoms with Gasteiger partial charge in [0, 0.05) is 6.07 Å². The van der Waals surface area contributed by atoms with Crippen molar-refractivity contribution in [1.82, 2.24) is 0 Å². The van der Waals surface area contributed by atoms with Gasteiger partial charge in [0.05, 0.1) is 11.1 Å². The molecule has 0 fully saturated rings. The first-order chi connectivity index (χ1) is 6.86. The molecule has 5 nitrogen and oxygen atoms in total. The Morgan fingerprint density at radius 2 is 1.40 bits per heavy atom. The SMILES string of the molecule is CC(=O)c1c(O)cc(O)c(C(C)=O)c1[O-]. The minimum Gasteiger partial charge on any atom is -0.871 e. The maximum Gasteiger partial charge on any atom is 0.162 e. The van der Waals surface area contributed by atoms with Crippen molar-refractivity contribution in [3.8, 4) is 17.2 Å². The second-order valence-electron chi connectivity index (χ2n) is 3.11. The Hall–Kier alpha value is -2.04. The highest BCUT2D eigenvalue weighted by molar-refractivity contribution is 6.07. The van der Waals surface area contributed by atoms with E-state index in [1.165, 1.54) is 0 Å². The molecule has 0 heterocycles. The van der Waals surface area contributed by atoms with E-state index in [1.54, 1.807) is 0 Å². The molecule has 80 valence electrons. The summed E-state index contributed by atoms with van der Waals surface area (Å²) in [6.45, 7) is 2.19. The smallest absolute Gasteiger partial charge is 0.162 e. The number of hydrogen-bond donors (Lipinski definition) is 2. The third kappa shape index (κ3) is 1.76. The number of hydrogen-bond acceptors (Lipinski definition) is 5. The van der Waals surface area contributed by atoms with Crippen LogP contribution in [0, 0.1) is 0 Å². The highest BCUT2D eigenvalue weighted by Gasteiger charge is 2.16. The first-order valence-electron chi connectivity index (χ1n) is 4.14. The molecule has 0 aliphatic heterocycles. The zero-order chi connectivity index (χ0) is 11.7. The molecule has 0 amide bonds. The Morgan fingerprint density at radius 3 is 1.67 bits per heavy atom. The molecule has 1 aromatic carbocycles. The Balaban J connectivity index is 3.64. The zero-order valence-corrected chi connectivity index (χ0v) is 8.20. The number of phenolic OH excluding ortho intramolecular Hbond substituents is 2. The molecular weight excluding hydrogens is 200 g/mol. The van der Waals surface area contributed by atoms with Crippen LogP contribution in [0.15, 0.2) is 6.07 Å². The second-order valence-corrected chi connectivity index (χ2v) is 3.11. The van der Waals surface area contributed by atoms with Crippen molar-refractivity contribution in [2.75, 3.05) is 0 Å². The molecule has 2 N–H and O–H groups in total. The highest BCUT2D eigenvalue weighted by Crippen LogP contribution is 2.35. The Morgan fingerprint density at radius 1 is 1.07 bits per heavy atom. The van der Waals surface area contributed by atoms with Crippen molar-refractivity contribution in [3.63, 3.8) is 0 Å². The van der Waals surface area contributed by atoms with Crippen LogP contribution in [0.3, 0.4) is 0 Å². The third-order valence-electron chi connectivity index (χ3n) is 1.94. The van der Waals surface area contributed by atoms with Gasteiger partial charge in [-0.15, -0.1) is 0 Å². The Kier molecular flexibility index (Phi) is 2.65. The summed E-state index contributed by atoms with van der Waals surface area (Å²) in [5, 5.41) is 30.0. The number of aromatic hydroxyl groups is 2. The lowest BCUT2D eigenvalue weighted by atomic mass is 10.0. The fraction of sp³-hybridized carbons (Fsp3) is 0.200. The van der Waals surface area contributed by atoms with Crippen molar-refractivity contribution in [1.29, 1.82) is 0 Å². The number of benzene rings is 1. The number of rotatable bonds is 2. The summed E-state index contributed by atoms with van der Waals surface area (Å²) >= 11 is 0. The van der Waals surface area contributed by atoms with Gasteiger partial charge in [-0.05, 0) is 13.8 Å². The third-order valence-corrected chi connectivity index (χ3v) is 1.94. The minimum absolute atomic E-state index is 0.474. The molecule has 0 saturated carbocycles. The van der Waals surface area contributed by atoms with Gasteiger partial charge in [-0.2, -0.15) is 0 Å². The lowest BCUT2D eigenvalue weighted by Gasteiger charge is -2.17. The predicted octanol–water partition coefficient (Wildman–Crippen LogP) is 0.577. The number of phenols is 2. The van der Waals surface area contributed by atoms with E-state index in [2.05, 4.69) is 0 Å². The van der Waals surface area contributed by atoms with Crippen LogP contribution >= 0.6 is 0 Å². The van der Waals surface area contributed by atoms with E-state index in [0.29, 0.717) is 0 Å². The van der Waals surface area contributed by atoms with Crippen LogP contribution in [0.2, 0.25) is 0 Å². The minimum atomic E-state index is -0.938. The fourth-order valence-electron chi connectivity index (χ4n) is 1.31. The van der Waals surface area contributed by atoms with Gasteiger partial charge in [-0.3, -0.25) is 9.59 Å². The Bertz CT molecular complexity index is 409. The summed E-state index contributed by atoms with van der Waals surface area (Å²) in [6.07, 6.45) is 0. The van der Waals surface area contributed by atoms with Crippen LogP contribution in [-0.2, 0) is 0 Å². The molecule has 1 aromatic rings. The lowest BCUT2D eigenvalue weighted by molar-refractivity contribution is -0.269. The van der Waals surface area contributed by atoms with E-state index in [0.717, 1.165) is 19.9 Å². The van der Waals surface area contributed by atoms with E-state index in [4.69, 9.17) is 0 Å². The monoisotopic (exact) mass is 209 g/mol. The van der Waals surface area contributed by atoms with Crippen LogP contribution in [0.25, 0.3) is 0 Å². The van der Waals surface area contributed by atoms with E-state index < -0.39 is 39.9 Å². The van der Waals surface area contributed by atoms with E-state index in [1.807, 2.05) is 0 Å². The normalized spacial score (nSPS) is 10.0. The molecule has 0 saturated heterocycles. The predicted molar refractivity (Wildman–Crippen MR) is 49.2 cm³/mol. The number of Topliss-reactive ketones (excluding diaryl/α,β-unsaturated/α-hetero) is 2. The van der Waals surface area contributed by atoms with Gasteiger partial charge in [0.1, 0.15) is 11.5 Å². The van der Waals surface area contributed by atoms with Crippen molar-refractivity contribution in [2.45, 2.75) is 13.8 Å². The zero-order valence-electron chi connectivity index (χ0n) is 8.20. The van der Waals surface area contributed by atoms with E-state index >= 15 is 0 Å². The largest absolute Gasteiger partial charge is 0.871 e. The van der Waals surface area contributed by atoms with Crippen LogP contribution in [0.4, 0.5) is 0 Å². The molecular formula is C10H9O5-. The average Bonchev–Trinajstić information content (AvgIpc) is 1.99. The summed E-state index contributed by atoms with van der Waals surface area (Å²) in [6, 6.07) is 0.814. The maximum absolute atomic E-state index is 11.5. The van der Waals surface area contributed by atoms with Crippen molar-refractivity contribution in [3.05, 3.63) is 17.2 Å². The van der Waals surface area contributed by atoms with Crippen LogP contribution in [0.1, 0.15) is 34.6 Å². The van der Waals surface area contributed by atoms with Crippen molar-refractivity contribution in [2.24, 2.45) is 0 Å². The van der Waals surface area contributed by atoms with Crippen LogP contribution in [0.5, 0.6) is 17.2 Å². The van der Waals surface area contributed by atoms with Crippen LogP contribution < -0.4 is 5.11 Å². The molecule has 5 heteroatoms. The fourth-order valence-corrected chi connectivity index (χ4v) is 1.31. The average molecular weight is 209 g/mol. The standard InChI is InChI=1S/C10H10O5/c1-4(11)8-6(13)3-7(14)9(5(2)12)10(8)15/h3,13-15H,1-2H3/p-1. The maximum atomic E-state index is 11.5. The summed E-state index contributed by atoms with van der Waals surface area (Å²) in [5.41, 5.74) is -0.948. The molecule has 0 bridgehead atoms. The number of ketones is 2. The number of carbonyl (C=O) groups is 2. The highest BCUT2D eigenvalue weighted by atomic mass is 16.3. The van der Waals surface area contributed by atoms with E-state index in [-0.39, 0.29) is 0 Å². The van der Waals surface area contributed by atoms with Crippen molar-refractivity contribution >= 4 is 11.6 Å². The molecule has 0 aliphatic rings. The second kappa shape index (κ2) is 3.61. The molecule has 0 aliphatic carbocycles. The quantitative estimate of drug-likeness (QED) is 0.694. The van der Waals surface area contributed by atoms with Gasteiger partial charge in [0.25, 0.3) is 0 Å². The van der Waals surface area contributed by atoms with Crippen molar-refractivity contribution < 1.29 is 24.9 Å². The van der Waals surface area contributed by atoms with Gasteiger partial charge in [0.15, 0.2) is 11.6 Å². The first-order valence-corrected chi connectivity index (χ1v) is 4.14. The van der Waals surface area contributed by atoms with Crippen LogP contribution in [-0.4, -0.2) is 21.8 Å². The molecule has 0 aromatic heterocycles. The molecule has 0 atom stereocenters. The summed E-state index contributed by atoms with van der Waals surface area (Å²) < 4.78 is 0. The molecule has 0 radical (unpaired) electrons. The van der Waals surface area contributed by atoms with Gasteiger partial charge in [-0.25, -0.2) is 0 Å². The molecule has 1 rings (SSSR count). The van der Waals surface area contributed by atoms with Gasteiger partial charge < -0.3 is 15.3 Å². The van der Waals surface area contributed by atoms with Gasteiger partial charge in [-0.1, -0.05) is 5.75 Å². The summed E-state index contributed by atoms with van der Waals surface area (Å²) in [4.78, 5) is 22.0.